The molecule has 29 heavy (non-hydrogen) atoms. The molecule has 12 nitrogen and oxygen atoms in total. The molecule has 13 heteroatoms. The van der Waals surface area contributed by atoms with E-state index in [9.17, 15) is 29.2 Å². The lowest BCUT2D eigenvalue weighted by molar-refractivity contribution is -0.150. The van der Waals surface area contributed by atoms with Gasteiger partial charge in [0.15, 0.2) is 0 Å². The van der Waals surface area contributed by atoms with E-state index in [1.54, 1.807) is 0 Å². The fourth-order valence-electron chi connectivity index (χ4n) is 1.55. The van der Waals surface area contributed by atoms with Crippen LogP contribution in [0, 0.1) is 0 Å². The molecule has 0 heterocycles. The number of carbonyl (C=O) groups excluding carboxylic acids is 3. The number of esters is 3. The molecule has 0 spiro atoms. The molecular formula is C16H27O12P. The number of phosphoric acid groups is 1. The lowest BCUT2D eigenvalue weighted by Crippen LogP contribution is -2.28. The van der Waals surface area contributed by atoms with E-state index < -0.39 is 71.0 Å². The molecular weight excluding hydrogens is 415 g/mol. The molecule has 0 amide bonds. The van der Waals surface area contributed by atoms with E-state index in [4.69, 9.17) is 23.0 Å². The van der Waals surface area contributed by atoms with Crippen molar-refractivity contribution < 1.29 is 56.9 Å². The van der Waals surface area contributed by atoms with Crippen LogP contribution in [0.25, 0.3) is 0 Å². The molecule has 0 aliphatic carbocycles. The van der Waals surface area contributed by atoms with Crippen LogP contribution in [-0.2, 0) is 46.7 Å². The van der Waals surface area contributed by atoms with Crippen LogP contribution in [0.5, 0.6) is 0 Å². The van der Waals surface area contributed by atoms with Crippen LogP contribution >= 0.6 is 7.82 Å². The van der Waals surface area contributed by atoms with Gasteiger partial charge in [-0.15, -0.1) is 0 Å². The van der Waals surface area contributed by atoms with Gasteiger partial charge in [-0.2, -0.15) is 0 Å². The summed E-state index contributed by atoms with van der Waals surface area (Å²) in [6.45, 7) is 3.99. The maximum Gasteiger partial charge on any atom is 0.475 e. The molecule has 3 atom stereocenters. The second-order valence-electron chi connectivity index (χ2n) is 5.62. The maximum absolute atomic E-state index is 12.8. The first kappa shape index (κ1) is 27.2. The zero-order valence-electron chi connectivity index (χ0n) is 16.5. The third-order valence-corrected chi connectivity index (χ3v) is 4.34. The highest BCUT2D eigenvalue weighted by atomic mass is 31.2. The second kappa shape index (κ2) is 14.2. The first-order valence-electron chi connectivity index (χ1n) is 8.45. The summed E-state index contributed by atoms with van der Waals surface area (Å²) >= 11 is 0. The molecule has 0 fully saturated rings. The van der Waals surface area contributed by atoms with Crippen LogP contribution in [-0.4, -0.2) is 80.0 Å². The molecule has 2 N–H and O–H groups in total. The van der Waals surface area contributed by atoms with E-state index in [1.165, 1.54) is 6.92 Å². The number of carbonyl (C=O) groups is 3. The van der Waals surface area contributed by atoms with Gasteiger partial charge in [-0.3, -0.25) is 23.2 Å². The lowest BCUT2D eigenvalue weighted by atomic mass is 10.4. The summed E-state index contributed by atoms with van der Waals surface area (Å²) in [6, 6.07) is 0. The van der Waals surface area contributed by atoms with Crippen LogP contribution in [0.15, 0.2) is 12.2 Å². The predicted molar refractivity (Wildman–Crippen MR) is 96.5 cm³/mol. The van der Waals surface area contributed by atoms with Gasteiger partial charge in [-0.1, -0.05) is 6.58 Å². The summed E-state index contributed by atoms with van der Waals surface area (Å²) in [6.07, 6.45) is -2.42. The summed E-state index contributed by atoms with van der Waals surface area (Å²) in [5, 5.41) is 18.5. The van der Waals surface area contributed by atoms with E-state index >= 15 is 0 Å². The number of phosphoric ester groups is 1. The van der Waals surface area contributed by atoms with Gasteiger partial charge in [0, 0.05) is 19.4 Å². The largest absolute Gasteiger partial charge is 0.475 e. The fourth-order valence-corrected chi connectivity index (χ4v) is 2.88. The van der Waals surface area contributed by atoms with Gasteiger partial charge in [0.2, 0.25) is 0 Å². The quantitative estimate of drug-likeness (QED) is 0.116. The van der Waals surface area contributed by atoms with Gasteiger partial charge in [-0.05, 0) is 6.92 Å². The van der Waals surface area contributed by atoms with Crippen molar-refractivity contribution in [2.24, 2.45) is 0 Å². The average molecular weight is 442 g/mol. The molecule has 0 aliphatic rings. The molecule has 3 unspecified atom stereocenters. The highest BCUT2D eigenvalue weighted by Gasteiger charge is 2.33. The SMILES string of the molecule is C=C(C)C(=O)OCCOP(=O)(OCC(CO)OC(C)=O)OC(CO)COC(C)=O. The van der Waals surface area contributed by atoms with E-state index in [-0.39, 0.29) is 12.2 Å². The summed E-state index contributed by atoms with van der Waals surface area (Å²) in [4.78, 5) is 33.2. The Hall–Kier alpha value is -1.82. The zero-order chi connectivity index (χ0) is 22.4. The van der Waals surface area contributed by atoms with Crippen molar-refractivity contribution in [1.82, 2.24) is 0 Å². The summed E-state index contributed by atoms with van der Waals surface area (Å²) in [7, 11) is -4.41. The Morgan fingerprint density at radius 3 is 2.00 bits per heavy atom. The zero-order valence-corrected chi connectivity index (χ0v) is 17.4. The topological polar surface area (TPSA) is 164 Å². The highest BCUT2D eigenvalue weighted by Crippen LogP contribution is 2.50. The summed E-state index contributed by atoms with van der Waals surface area (Å²) in [5.74, 6) is -2.06. The fraction of sp³-hybridized carbons (Fsp3) is 0.688. The van der Waals surface area contributed by atoms with Crippen molar-refractivity contribution in [3.8, 4) is 0 Å². The number of aliphatic hydroxyl groups excluding tert-OH is 2. The third kappa shape index (κ3) is 13.1. The van der Waals surface area contributed by atoms with Gasteiger partial charge in [0.25, 0.3) is 0 Å². The van der Waals surface area contributed by atoms with Gasteiger partial charge in [0.05, 0.1) is 26.4 Å². The first-order chi connectivity index (χ1) is 13.5. The highest BCUT2D eigenvalue weighted by molar-refractivity contribution is 7.48. The molecule has 0 saturated heterocycles. The number of hydrogen-bond acceptors (Lipinski definition) is 12. The van der Waals surface area contributed by atoms with Crippen molar-refractivity contribution in [1.29, 1.82) is 0 Å². The third-order valence-electron chi connectivity index (χ3n) is 2.82. The molecule has 0 aromatic heterocycles. The number of hydrogen-bond donors (Lipinski definition) is 2. The van der Waals surface area contributed by atoms with E-state index in [2.05, 4.69) is 11.3 Å². The second-order valence-corrected chi connectivity index (χ2v) is 7.24. The Labute approximate surface area is 168 Å². The molecule has 168 valence electrons. The van der Waals surface area contributed by atoms with Gasteiger partial charge in [-0.25, -0.2) is 9.36 Å². The minimum absolute atomic E-state index is 0.148. The molecule has 0 aliphatic heterocycles. The summed E-state index contributed by atoms with van der Waals surface area (Å²) in [5.41, 5.74) is 0.148. The Bertz CT molecular complexity index is 605. The van der Waals surface area contributed by atoms with Crippen LogP contribution in [0.4, 0.5) is 0 Å². The Balaban J connectivity index is 5.00. The maximum atomic E-state index is 12.8. The van der Waals surface area contributed by atoms with Crippen molar-refractivity contribution in [3.63, 3.8) is 0 Å². The molecule has 0 aromatic rings. The van der Waals surface area contributed by atoms with Crippen LogP contribution < -0.4 is 0 Å². The van der Waals surface area contributed by atoms with Crippen LogP contribution in [0.2, 0.25) is 0 Å². The standard InChI is InChI=1S/C16H27O12P/c1-11(2)16(21)23-5-6-25-29(22,26-10-14(7-17)27-13(4)20)28-15(8-18)9-24-12(3)19/h14-15,17-18H,1,5-10H2,2-4H3. The van der Waals surface area contributed by atoms with Crippen molar-refractivity contribution in [2.45, 2.75) is 33.0 Å². The summed E-state index contributed by atoms with van der Waals surface area (Å²) < 4.78 is 42.2. The number of rotatable bonds is 15. The van der Waals surface area contributed by atoms with Crippen molar-refractivity contribution in [3.05, 3.63) is 12.2 Å². The van der Waals surface area contributed by atoms with Gasteiger partial charge in [0.1, 0.15) is 25.4 Å². The number of ether oxygens (including phenoxy) is 3. The molecule has 0 saturated carbocycles. The lowest BCUT2D eigenvalue weighted by Gasteiger charge is -2.24. The predicted octanol–water partition coefficient (Wildman–Crippen LogP) is 0.112. The van der Waals surface area contributed by atoms with Crippen LogP contribution in [0.3, 0.4) is 0 Å². The van der Waals surface area contributed by atoms with Gasteiger partial charge >= 0.3 is 25.7 Å². The number of aliphatic hydroxyl groups is 2. The Morgan fingerprint density at radius 2 is 1.52 bits per heavy atom. The smallest absolute Gasteiger partial charge is 0.463 e. The molecule has 0 bridgehead atoms. The molecule has 0 rings (SSSR count). The minimum atomic E-state index is -4.41. The minimum Gasteiger partial charge on any atom is -0.463 e. The van der Waals surface area contributed by atoms with E-state index in [0.29, 0.717) is 0 Å². The van der Waals surface area contributed by atoms with Gasteiger partial charge < -0.3 is 24.4 Å². The van der Waals surface area contributed by atoms with E-state index in [1.807, 2.05) is 0 Å². The first-order valence-corrected chi connectivity index (χ1v) is 9.91. The van der Waals surface area contributed by atoms with Crippen molar-refractivity contribution in [2.75, 3.05) is 39.6 Å². The van der Waals surface area contributed by atoms with Crippen LogP contribution in [0.1, 0.15) is 20.8 Å². The Morgan fingerprint density at radius 1 is 0.897 bits per heavy atom. The normalized spacial score (nSPS) is 14.9. The van der Waals surface area contributed by atoms with E-state index in [0.717, 1.165) is 13.8 Å². The van der Waals surface area contributed by atoms with Crippen molar-refractivity contribution >= 4 is 25.7 Å². The molecule has 0 aromatic carbocycles. The Kier molecular flexibility index (Phi) is 13.3. The average Bonchev–Trinajstić information content (AvgIpc) is 2.65. The monoisotopic (exact) mass is 442 g/mol. The molecule has 0 radical (unpaired) electrons.